The van der Waals surface area contributed by atoms with Crippen LogP contribution in [-0.4, -0.2) is 26.5 Å². The molecule has 0 aliphatic rings. The predicted octanol–water partition coefficient (Wildman–Crippen LogP) is 2.25. The number of hydrogen-bond donors (Lipinski definition) is 0. The second-order valence-corrected chi connectivity index (χ2v) is 3.97. The highest BCUT2D eigenvalue weighted by Gasteiger charge is 2.09. The normalized spacial score (nSPS) is 9.95. The van der Waals surface area contributed by atoms with Crippen LogP contribution in [0.3, 0.4) is 0 Å². The van der Waals surface area contributed by atoms with Gasteiger partial charge in [-0.05, 0) is 24.1 Å². The Hall–Kier alpha value is -2.26. The molecule has 0 amide bonds. The molecule has 6 nitrogen and oxygen atoms in total. The summed E-state index contributed by atoms with van der Waals surface area (Å²) in [4.78, 5) is 16.0. The van der Waals surface area contributed by atoms with Crippen molar-refractivity contribution in [2.75, 3.05) is 6.61 Å². The molecule has 2 rings (SSSR count). The van der Waals surface area contributed by atoms with Gasteiger partial charge >= 0.3 is 6.01 Å². The van der Waals surface area contributed by atoms with Crippen LogP contribution < -0.4 is 4.74 Å². The lowest BCUT2D eigenvalue weighted by Gasteiger charge is -2.05. The Morgan fingerprint density at radius 3 is 2.89 bits per heavy atom. The van der Waals surface area contributed by atoms with Gasteiger partial charge in [-0.25, -0.2) is 0 Å². The topological polar surface area (TPSA) is 84.6 Å². The van der Waals surface area contributed by atoms with E-state index in [1.165, 1.54) is 6.20 Å². The zero-order chi connectivity index (χ0) is 13.7. The van der Waals surface area contributed by atoms with Gasteiger partial charge in [0, 0.05) is 18.0 Å². The molecule has 0 aliphatic heterocycles. The highest BCUT2D eigenvalue weighted by atomic mass is 35.5. The van der Waals surface area contributed by atoms with Crippen LogP contribution in [0.25, 0.3) is 11.4 Å². The molecule has 96 valence electrons. The van der Waals surface area contributed by atoms with Gasteiger partial charge in [0.05, 0.1) is 12.2 Å². The van der Waals surface area contributed by atoms with Crippen LogP contribution in [-0.2, 0) is 0 Å². The Morgan fingerprint density at radius 1 is 1.32 bits per heavy atom. The first kappa shape index (κ1) is 13.2. The van der Waals surface area contributed by atoms with E-state index in [0.29, 0.717) is 23.6 Å². The zero-order valence-electron chi connectivity index (χ0n) is 10.2. The molecular weight excluding hydrogens is 266 g/mol. The van der Waals surface area contributed by atoms with Gasteiger partial charge < -0.3 is 4.74 Å². The van der Waals surface area contributed by atoms with E-state index in [1.807, 2.05) is 13.0 Å². The third kappa shape index (κ3) is 3.36. The number of halogens is 1. The average molecular weight is 276 g/mol. The van der Waals surface area contributed by atoms with Crippen molar-refractivity contribution in [3.8, 4) is 23.5 Å². The molecule has 19 heavy (non-hydrogen) atoms. The third-order valence-electron chi connectivity index (χ3n) is 2.15. The van der Waals surface area contributed by atoms with Crippen LogP contribution in [0, 0.1) is 11.3 Å². The molecule has 0 aromatic carbocycles. The number of aromatic nitrogens is 4. The van der Waals surface area contributed by atoms with Crippen LogP contribution >= 0.6 is 11.6 Å². The Bertz CT molecular complexity index is 626. The minimum Gasteiger partial charge on any atom is -0.463 e. The molecule has 0 unspecified atom stereocenters. The largest absolute Gasteiger partial charge is 0.463 e. The molecule has 0 saturated heterocycles. The summed E-state index contributed by atoms with van der Waals surface area (Å²) < 4.78 is 5.32. The van der Waals surface area contributed by atoms with E-state index in [0.717, 1.165) is 6.42 Å². The first-order valence-electron chi connectivity index (χ1n) is 5.63. The van der Waals surface area contributed by atoms with Gasteiger partial charge in [-0.3, -0.25) is 4.98 Å². The fraction of sp³-hybridized carbons (Fsp3) is 0.250. The Morgan fingerprint density at radius 2 is 2.16 bits per heavy atom. The number of pyridine rings is 1. The van der Waals surface area contributed by atoms with Crippen LogP contribution in [0.1, 0.15) is 18.9 Å². The number of rotatable bonds is 4. The van der Waals surface area contributed by atoms with Gasteiger partial charge in [-0.2, -0.15) is 20.2 Å². The summed E-state index contributed by atoms with van der Waals surface area (Å²) in [5.41, 5.74) is 1.01. The third-order valence-corrected chi connectivity index (χ3v) is 2.32. The maximum atomic E-state index is 8.84. The summed E-state index contributed by atoms with van der Waals surface area (Å²) in [5, 5.41) is 8.88. The van der Waals surface area contributed by atoms with Crippen LogP contribution in [0.4, 0.5) is 0 Å². The smallest absolute Gasteiger partial charge is 0.321 e. The number of nitriles is 1. The summed E-state index contributed by atoms with van der Waals surface area (Å²) in [5.74, 6) is 0.329. The van der Waals surface area contributed by atoms with Crippen LogP contribution in [0.15, 0.2) is 18.5 Å². The van der Waals surface area contributed by atoms with Gasteiger partial charge in [-0.1, -0.05) is 6.92 Å². The molecule has 2 heterocycles. The van der Waals surface area contributed by atoms with Crippen molar-refractivity contribution in [3.63, 3.8) is 0 Å². The van der Waals surface area contributed by atoms with E-state index in [2.05, 4.69) is 19.9 Å². The molecule has 2 aromatic heterocycles. The Labute approximate surface area is 115 Å². The molecule has 0 aliphatic carbocycles. The van der Waals surface area contributed by atoms with Crippen molar-refractivity contribution in [2.24, 2.45) is 0 Å². The van der Waals surface area contributed by atoms with Gasteiger partial charge in [-0.15, -0.1) is 0 Å². The van der Waals surface area contributed by atoms with E-state index in [-0.39, 0.29) is 11.3 Å². The molecule has 0 bridgehead atoms. The first-order chi connectivity index (χ1) is 9.22. The summed E-state index contributed by atoms with van der Waals surface area (Å²) in [6.07, 6.45) is 3.85. The van der Waals surface area contributed by atoms with E-state index >= 15 is 0 Å². The summed E-state index contributed by atoms with van der Waals surface area (Å²) in [6.45, 7) is 2.47. The highest BCUT2D eigenvalue weighted by Crippen LogP contribution is 2.18. The predicted molar refractivity (Wildman–Crippen MR) is 68.6 cm³/mol. The molecule has 0 atom stereocenters. The standard InChI is InChI=1S/C12H10ClN5O/c1-2-3-19-12-17-10(16-11(13)18-12)9-4-8(5-14)6-15-7-9/h4,6-7H,2-3H2,1H3. The molecule has 0 N–H and O–H groups in total. The molecule has 0 fully saturated rings. The monoisotopic (exact) mass is 275 g/mol. The van der Waals surface area contributed by atoms with Crippen molar-refractivity contribution < 1.29 is 4.74 Å². The van der Waals surface area contributed by atoms with E-state index in [1.54, 1.807) is 12.3 Å². The number of hydrogen-bond acceptors (Lipinski definition) is 6. The lowest BCUT2D eigenvalue weighted by molar-refractivity contribution is 0.291. The lowest BCUT2D eigenvalue weighted by atomic mass is 10.2. The fourth-order valence-electron chi connectivity index (χ4n) is 1.34. The molecular formula is C12H10ClN5O. The maximum absolute atomic E-state index is 8.84. The highest BCUT2D eigenvalue weighted by molar-refractivity contribution is 6.28. The molecule has 0 radical (unpaired) electrons. The van der Waals surface area contributed by atoms with Crippen molar-refractivity contribution in [1.29, 1.82) is 5.26 Å². The number of ether oxygens (including phenoxy) is 1. The SMILES string of the molecule is CCCOc1nc(Cl)nc(-c2cncc(C#N)c2)n1. The Kier molecular flexibility index (Phi) is 4.21. The van der Waals surface area contributed by atoms with Crippen LogP contribution in [0.2, 0.25) is 5.28 Å². The maximum Gasteiger partial charge on any atom is 0.321 e. The zero-order valence-corrected chi connectivity index (χ0v) is 10.9. The quantitative estimate of drug-likeness (QED) is 0.851. The number of nitrogens with zero attached hydrogens (tertiary/aromatic N) is 5. The first-order valence-corrected chi connectivity index (χ1v) is 6.00. The van der Waals surface area contributed by atoms with Crippen LogP contribution in [0.5, 0.6) is 6.01 Å². The molecule has 0 spiro atoms. The summed E-state index contributed by atoms with van der Waals surface area (Å²) in [7, 11) is 0. The molecule has 0 saturated carbocycles. The van der Waals surface area contributed by atoms with Crippen molar-refractivity contribution in [3.05, 3.63) is 29.3 Å². The average Bonchev–Trinajstić information content (AvgIpc) is 2.44. The second-order valence-electron chi connectivity index (χ2n) is 3.63. The van der Waals surface area contributed by atoms with E-state index in [4.69, 9.17) is 21.6 Å². The van der Waals surface area contributed by atoms with E-state index < -0.39 is 0 Å². The van der Waals surface area contributed by atoms with Crippen molar-refractivity contribution in [1.82, 2.24) is 19.9 Å². The molecule has 2 aromatic rings. The van der Waals surface area contributed by atoms with Gasteiger partial charge in [0.1, 0.15) is 6.07 Å². The fourth-order valence-corrected chi connectivity index (χ4v) is 1.49. The van der Waals surface area contributed by atoms with E-state index in [9.17, 15) is 0 Å². The van der Waals surface area contributed by atoms with Gasteiger partial charge in [0.25, 0.3) is 0 Å². The van der Waals surface area contributed by atoms with Gasteiger partial charge in [0.2, 0.25) is 5.28 Å². The van der Waals surface area contributed by atoms with Crippen molar-refractivity contribution in [2.45, 2.75) is 13.3 Å². The minimum absolute atomic E-state index is 0.0402. The molecule has 7 heteroatoms. The van der Waals surface area contributed by atoms with Gasteiger partial charge in [0.15, 0.2) is 5.82 Å². The summed E-state index contributed by atoms with van der Waals surface area (Å²) in [6, 6.07) is 3.80. The Balaban J connectivity index is 2.38. The second kappa shape index (κ2) is 6.07. The van der Waals surface area contributed by atoms with Crippen molar-refractivity contribution >= 4 is 11.6 Å². The summed E-state index contributed by atoms with van der Waals surface area (Å²) >= 11 is 5.82. The lowest BCUT2D eigenvalue weighted by Crippen LogP contribution is -2.03. The minimum atomic E-state index is 0.0402.